The normalized spacial score (nSPS) is 21.8. The molecule has 0 amide bonds. The molecule has 0 saturated heterocycles. The summed E-state index contributed by atoms with van der Waals surface area (Å²) in [5.41, 5.74) is 7.44. The van der Waals surface area contributed by atoms with E-state index in [0.29, 0.717) is 29.6 Å². The molecule has 50 heavy (non-hydrogen) atoms. The lowest BCUT2D eigenvalue weighted by molar-refractivity contribution is 0.219. The van der Waals surface area contributed by atoms with Crippen LogP contribution in [0.25, 0.3) is 0 Å². The monoisotopic (exact) mass is 744 g/mol. The van der Waals surface area contributed by atoms with Crippen molar-refractivity contribution in [3.63, 3.8) is 0 Å². The van der Waals surface area contributed by atoms with Gasteiger partial charge in [0.25, 0.3) is 0 Å². The van der Waals surface area contributed by atoms with Crippen LogP contribution in [0.15, 0.2) is 59.9 Å². The predicted molar refractivity (Wildman–Crippen MR) is 200 cm³/mol. The molecule has 0 radical (unpaired) electrons. The SMILES string of the molecule is COc1cc2c3cc1Oc1c(OC)c(OC)cc4c1C(Cc1ccc(OCCCBr)c(c1)OC1=CC=C(CC1C)CC3N(C)CC2)N(C)CC4. The smallest absolute Gasteiger partial charge is 0.204 e. The summed E-state index contributed by atoms with van der Waals surface area (Å²) < 4.78 is 38.2. The van der Waals surface area contributed by atoms with Crippen molar-refractivity contribution in [2.45, 2.75) is 57.5 Å². The fourth-order valence-corrected chi connectivity index (χ4v) is 8.24. The Hall–Kier alpha value is -3.66. The molecule has 8 nitrogen and oxygen atoms in total. The zero-order valence-electron chi connectivity index (χ0n) is 30.1. The summed E-state index contributed by atoms with van der Waals surface area (Å²) in [7, 11) is 9.51. The summed E-state index contributed by atoms with van der Waals surface area (Å²) in [4.78, 5) is 4.88. The van der Waals surface area contributed by atoms with E-state index in [2.05, 4.69) is 95.3 Å². The second-order valence-electron chi connectivity index (χ2n) is 14.0. The average molecular weight is 746 g/mol. The van der Waals surface area contributed by atoms with Crippen molar-refractivity contribution in [2.24, 2.45) is 5.92 Å². The second kappa shape index (κ2) is 14.9. The molecule has 3 aromatic rings. The van der Waals surface area contributed by atoms with Gasteiger partial charge in [0.15, 0.2) is 34.5 Å². The van der Waals surface area contributed by atoms with Gasteiger partial charge in [0, 0.05) is 42.0 Å². The van der Waals surface area contributed by atoms with Crippen LogP contribution in [-0.2, 0) is 19.3 Å². The van der Waals surface area contributed by atoms with E-state index in [1.165, 1.54) is 22.3 Å². The molecule has 1 aliphatic carbocycles. The van der Waals surface area contributed by atoms with Crippen molar-refractivity contribution in [1.29, 1.82) is 0 Å². The van der Waals surface area contributed by atoms with Crippen molar-refractivity contribution >= 4 is 15.9 Å². The Bertz CT molecular complexity index is 1800. The topological polar surface area (TPSA) is 61.9 Å². The van der Waals surface area contributed by atoms with Crippen molar-refractivity contribution in [2.75, 3.05) is 60.5 Å². The summed E-state index contributed by atoms with van der Waals surface area (Å²) in [5, 5.41) is 0.885. The van der Waals surface area contributed by atoms with Crippen LogP contribution in [0.4, 0.5) is 0 Å². The van der Waals surface area contributed by atoms with Gasteiger partial charge in [-0.15, -0.1) is 0 Å². The van der Waals surface area contributed by atoms with Crippen LogP contribution in [0.5, 0.6) is 40.2 Å². The highest BCUT2D eigenvalue weighted by Crippen LogP contribution is 2.52. The Morgan fingerprint density at radius 1 is 0.780 bits per heavy atom. The Balaban J connectivity index is 1.44. The minimum atomic E-state index is 0.00118. The largest absolute Gasteiger partial charge is 0.493 e. The first-order valence-electron chi connectivity index (χ1n) is 17.8. The van der Waals surface area contributed by atoms with E-state index < -0.39 is 0 Å². The molecular formula is C41H49BrN2O6. The van der Waals surface area contributed by atoms with Crippen LogP contribution in [0, 0.1) is 5.92 Å². The van der Waals surface area contributed by atoms with Crippen LogP contribution >= 0.6 is 15.9 Å². The highest BCUT2D eigenvalue weighted by molar-refractivity contribution is 9.09. The number of rotatable bonds is 7. The van der Waals surface area contributed by atoms with E-state index in [9.17, 15) is 0 Å². The van der Waals surface area contributed by atoms with Crippen molar-refractivity contribution in [3.8, 4) is 40.2 Å². The lowest BCUT2D eigenvalue weighted by Gasteiger charge is -2.38. The molecule has 3 aromatic carbocycles. The number of hydrogen-bond donors (Lipinski definition) is 0. The van der Waals surface area contributed by atoms with Crippen LogP contribution in [0.1, 0.15) is 66.1 Å². The lowest BCUT2D eigenvalue weighted by Crippen LogP contribution is -2.34. The summed E-state index contributed by atoms with van der Waals surface area (Å²) in [5.74, 6) is 6.04. The molecule has 4 aliphatic heterocycles. The van der Waals surface area contributed by atoms with Crippen LogP contribution in [0.2, 0.25) is 0 Å². The predicted octanol–water partition coefficient (Wildman–Crippen LogP) is 8.60. The first-order chi connectivity index (χ1) is 24.3. The number of methoxy groups -OCH3 is 3. The maximum Gasteiger partial charge on any atom is 0.204 e. The fourth-order valence-electron chi connectivity index (χ4n) is 8.01. The van der Waals surface area contributed by atoms with Gasteiger partial charge >= 0.3 is 0 Å². The molecular weight excluding hydrogens is 696 g/mol. The van der Waals surface area contributed by atoms with Gasteiger partial charge in [-0.2, -0.15) is 0 Å². The number of fused-ring (bicyclic) bond motifs is 2. The molecule has 266 valence electrons. The van der Waals surface area contributed by atoms with E-state index in [1.807, 2.05) is 0 Å². The van der Waals surface area contributed by atoms with Gasteiger partial charge in [0.05, 0.1) is 27.9 Å². The third kappa shape index (κ3) is 6.72. The van der Waals surface area contributed by atoms with Gasteiger partial charge in [0.1, 0.15) is 5.76 Å². The molecule has 3 atom stereocenters. The van der Waals surface area contributed by atoms with Gasteiger partial charge in [0.2, 0.25) is 5.75 Å². The van der Waals surface area contributed by atoms with Crippen molar-refractivity contribution in [3.05, 3.63) is 87.7 Å². The first kappa shape index (κ1) is 34.8. The van der Waals surface area contributed by atoms with Gasteiger partial charge in [-0.05, 0) is 111 Å². The molecule has 9 heteroatoms. The summed E-state index contributed by atoms with van der Waals surface area (Å²) in [6, 6.07) is 13.1. The Kier molecular flexibility index (Phi) is 10.4. The molecule has 0 saturated carbocycles. The number of hydrogen-bond acceptors (Lipinski definition) is 8. The first-order valence-corrected chi connectivity index (χ1v) is 18.9. The van der Waals surface area contributed by atoms with Crippen LogP contribution in [-0.4, -0.2) is 70.3 Å². The quantitative estimate of drug-likeness (QED) is 0.176. The average Bonchev–Trinajstić information content (AvgIpc) is 3.11. The maximum absolute atomic E-state index is 7.09. The minimum Gasteiger partial charge on any atom is -0.493 e. The highest BCUT2D eigenvalue weighted by Gasteiger charge is 2.35. The molecule has 0 N–H and O–H groups in total. The van der Waals surface area contributed by atoms with Gasteiger partial charge in [-0.25, -0.2) is 0 Å². The Labute approximate surface area is 305 Å². The number of likely N-dealkylation sites (N-methyl/N-ethyl adjacent to an activating group) is 2. The summed E-state index contributed by atoms with van der Waals surface area (Å²) >= 11 is 3.54. The molecule has 6 bridgehead atoms. The number of alkyl halides is 1. The number of halogens is 1. The molecule has 3 unspecified atom stereocenters. The Morgan fingerprint density at radius 3 is 2.26 bits per heavy atom. The van der Waals surface area contributed by atoms with E-state index in [0.717, 1.165) is 91.1 Å². The maximum atomic E-state index is 7.09. The number of allylic oxidation sites excluding steroid dienone is 3. The highest BCUT2D eigenvalue weighted by atomic mass is 79.9. The zero-order chi connectivity index (χ0) is 34.9. The summed E-state index contributed by atoms with van der Waals surface area (Å²) in [6.45, 7) is 4.76. The van der Waals surface area contributed by atoms with Gasteiger partial charge in [-0.1, -0.05) is 40.6 Å². The van der Waals surface area contributed by atoms with E-state index in [1.54, 1.807) is 21.3 Å². The van der Waals surface area contributed by atoms with Crippen LogP contribution < -0.4 is 28.4 Å². The minimum absolute atomic E-state index is 0.00118. The molecule has 4 heterocycles. The van der Waals surface area contributed by atoms with E-state index in [-0.39, 0.29) is 18.0 Å². The molecule has 0 aromatic heterocycles. The van der Waals surface area contributed by atoms with Gasteiger partial charge < -0.3 is 28.4 Å². The van der Waals surface area contributed by atoms with E-state index in [4.69, 9.17) is 28.4 Å². The molecule has 5 aliphatic rings. The number of nitrogens with zero attached hydrogens (tertiary/aromatic N) is 2. The zero-order valence-corrected chi connectivity index (χ0v) is 31.7. The molecule has 0 fully saturated rings. The second-order valence-corrected chi connectivity index (χ2v) is 14.8. The Morgan fingerprint density at radius 2 is 1.52 bits per heavy atom. The standard InChI is InChI=1S/C41H49BrN2O6/c1-25-18-26-8-10-33(25)49-36-21-27(9-11-34(36)48-17-7-14-42)20-32-39-29(13-16-44(32)3)23-38(46-5)40(47-6)41(39)50-37-24-30-28(22-35(37)45-4)12-15-43(2)31(30)19-26/h8-11,21-25,31-32H,7,12-20H2,1-6H3. The lowest BCUT2D eigenvalue weighted by atomic mass is 9.84. The fraction of sp³-hybridized carbons (Fsp3) is 0.463. The summed E-state index contributed by atoms with van der Waals surface area (Å²) in [6.07, 6.45) is 9.76. The molecule has 0 spiro atoms. The third-order valence-corrected chi connectivity index (χ3v) is 11.4. The van der Waals surface area contributed by atoms with Crippen molar-refractivity contribution in [1.82, 2.24) is 9.80 Å². The third-order valence-electron chi connectivity index (χ3n) is 10.8. The molecule has 8 rings (SSSR count). The van der Waals surface area contributed by atoms with Crippen molar-refractivity contribution < 1.29 is 28.4 Å². The van der Waals surface area contributed by atoms with E-state index >= 15 is 0 Å². The van der Waals surface area contributed by atoms with Gasteiger partial charge in [-0.3, -0.25) is 9.80 Å². The number of benzene rings is 3. The number of ether oxygens (including phenoxy) is 6. The van der Waals surface area contributed by atoms with Crippen LogP contribution in [0.3, 0.4) is 0 Å².